The molecule has 1 aliphatic rings. The zero-order valence-corrected chi connectivity index (χ0v) is 18.2. The van der Waals surface area contributed by atoms with Gasteiger partial charge in [-0.2, -0.15) is 4.39 Å². The molecule has 0 radical (unpaired) electrons. The molecule has 0 unspecified atom stereocenters. The van der Waals surface area contributed by atoms with Gasteiger partial charge in [-0.05, 0) is 68.1 Å². The molecule has 0 amide bonds. The van der Waals surface area contributed by atoms with Crippen molar-refractivity contribution in [3.05, 3.63) is 65.2 Å². The zero-order valence-electron chi connectivity index (χ0n) is 18.2. The van der Waals surface area contributed by atoms with E-state index in [1.165, 1.54) is 24.3 Å². The summed E-state index contributed by atoms with van der Waals surface area (Å²) in [7, 11) is 0. The fourth-order valence-corrected chi connectivity index (χ4v) is 4.22. The second-order valence-corrected chi connectivity index (χ2v) is 8.22. The molecule has 1 nitrogen and oxygen atoms in total. The quantitative estimate of drug-likeness (QED) is 0.230. The first-order chi connectivity index (χ1) is 15.0. The first-order valence-corrected chi connectivity index (χ1v) is 11.2. The van der Waals surface area contributed by atoms with Crippen molar-refractivity contribution in [1.82, 2.24) is 0 Å². The van der Waals surface area contributed by atoms with Crippen molar-refractivity contribution in [2.24, 2.45) is 5.92 Å². The van der Waals surface area contributed by atoms with Gasteiger partial charge in [-0.25, -0.2) is 13.2 Å². The van der Waals surface area contributed by atoms with Crippen LogP contribution in [0.2, 0.25) is 0 Å². The molecule has 0 heterocycles. The summed E-state index contributed by atoms with van der Waals surface area (Å²) in [6.07, 6.45) is 10.3. The maximum Gasteiger partial charge on any atom is 0.201 e. The van der Waals surface area contributed by atoms with Gasteiger partial charge in [0.15, 0.2) is 23.2 Å². The Morgan fingerprint density at radius 3 is 2.13 bits per heavy atom. The topological polar surface area (TPSA) is 9.23 Å². The highest BCUT2D eigenvalue weighted by atomic mass is 19.2. The van der Waals surface area contributed by atoms with E-state index in [0.29, 0.717) is 17.9 Å². The van der Waals surface area contributed by atoms with Crippen LogP contribution >= 0.6 is 0 Å². The largest absolute Gasteiger partial charge is 0.490 e. The molecule has 1 saturated carbocycles. The van der Waals surface area contributed by atoms with E-state index in [1.807, 2.05) is 6.92 Å². The van der Waals surface area contributed by atoms with Gasteiger partial charge in [-0.1, -0.05) is 44.6 Å². The highest BCUT2D eigenvalue weighted by molar-refractivity contribution is 5.66. The number of unbranched alkanes of at least 4 members (excludes halogenated alkanes) is 1. The minimum atomic E-state index is -1.23. The number of halogens is 4. The summed E-state index contributed by atoms with van der Waals surface area (Å²) in [5, 5.41) is 0. The summed E-state index contributed by atoms with van der Waals surface area (Å²) < 4.78 is 64.1. The molecular weight excluding hydrogens is 404 g/mol. The molecule has 31 heavy (non-hydrogen) atoms. The smallest absolute Gasteiger partial charge is 0.201 e. The lowest BCUT2D eigenvalue weighted by atomic mass is 9.78. The van der Waals surface area contributed by atoms with Crippen molar-refractivity contribution in [3.8, 4) is 16.9 Å². The Balaban J connectivity index is 1.81. The molecule has 0 saturated heterocycles. The van der Waals surface area contributed by atoms with Crippen molar-refractivity contribution in [2.75, 3.05) is 6.61 Å². The fourth-order valence-electron chi connectivity index (χ4n) is 4.22. The number of allylic oxidation sites excluding steroid dienone is 2. The van der Waals surface area contributed by atoms with Gasteiger partial charge in [-0.15, -0.1) is 0 Å². The van der Waals surface area contributed by atoms with E-state index < -0.39 is 23.3 Å². The first kappa shape index (κ1) is 23.4. The van der Waals surface area contributed by atoms with Crippen LogP contribution in [-0.2, 0) is 0 Å². The Labute approximate surface area is 182 Å². The van der Waals surface area contributed by atoms with Crippen LogP contribution in [0.4, 0.5) is 17.6 Å². The van der Waals surface area contributed by atoms with Gasteiger partial charge in [0.2, 0.25) is 5.82 Å². The number of ether oxygens (including phenoxy) is 1. The molecule has 1 aliphatic carbocycles. The Morgan fingerprint density at radius 2 is 1.48 bits per heavy atom. The summed E-state index contributed by atoms with van der Waals surface area (Å²) in [6.45, 7) is 4.31. The Morgan fingerprint density at radius 1 is 0.839 bits per heavy atom. The molecule has 3 rings (SSSR count). The molecule has 168 valence electrons. The van der Waals surface area contributed by atoms with Crippen LogP contribution in [0.5, 0.6) is 5.75 Å². The van der Waals surface area contributed by atoms with Crippen LogP contribution in [0.25, 0.3) is 11.1 Å². The SMILES string of the molecule is CC/C=C/C1CCC(c2ccc(-c3ccc(OCCCC)c(F)c3F)c(F)c2F)CC1. The van der Waals surface area contributed by atoms with Crippen LogP contribution in [0.1, 0.15) is 70.3 Å². The first-order valence-electron chi connectivity index (χ1n) is 11.2. The van der Waals surface area contributed by atoms with Gasteiger partial charge in [0.05, 0.1) is 6.61 Å². The van der Waals surface area contributed by atoms with Crippen molar-refractivity contribution in [3.63, 3.8) is 0 Å². The maximum atomic E-state index is 14.9. The molecule has 2 aromatic carbocycles. The van der Waals surface area contributed by atoms with Crippen molar-refractivity contribution in [1.29, 1.82) is 0 Å². The molecule has 0 bridgehead atoms. The van der Waals surface area contributed by atoms with E-state index in [1.54, 1.807) is 0 Å². The van der Waals surface area contributed by atoms with Gasteiger partial charge < -0.3 is 4.74 Å². The molecular formula is C26H30F4O. The molecule has 0 spiro atoms. The Kier molecular flexibility index (Phi) is 8.16. The van der Waals surface area contributed by atoms with Gasteiger partial charge in [0.1, 0.15) is 0 Å². The highest BCUT2D eigenvalue weighted by Crippen LogP contribution is 2.40. The third-order valence-corrected chi connectivity index (χ3v) is 6.06. The van der Waals surface area contributed by atoms with Gasteiger partial charge >= 0.3 is 0 Å². The summed E-state index contributed by atoms with van der Waals surface area (Å²) in [4.78, 5) is 0. The molecule has 5 heteroatoms. The van der Waals surface area contributed by atoms with Crippen LogP contribution in [0.3, 0.4) is 0 Å². The van der Waals surface area contributed by atoms with Crippen LogP contribution < -0.4 is 4.74 Å². The van der Waals surface area contributed by atoms with E-state index in [9.17, 15) is 17.6 Å². The molecule has 1 fully saturated rings. The maximum absolute atomic E-state index is 14.9. The highest BCUT2D eigenvalue weighted by Gasteiger charge is 2.27. The standard InChI is InChI=1S/C26H30F4O/c1-3-5-7-17-8-10-18(11-9-17)19-12-13-20(24(28)23(19)27)21-14-15-22(26(30)25(21)29)31-16-6-4-2/h5,7,12-15,17-18H,3-4,6,8-11,16H2,1-2H3/b7-5+. The predicted octanol–water partition coefficient (Wildman–Crippen LogP) is 8.33. The average molecular weight is 435 g/mol. The number of rotatable bonds is 8. The minimum Gasteiger partial charge on any atom is -0.490 e. The molecule has 2 aromatic rings. The Hall–Kier alpha value is -2.30. The van der Waals surface area contributed by atoms with E-state index in [-0.39, 0.29) is 29.4 Å². The van der Waals surface area contributed by atoms with Crippen LogP contribution in [0.15, 0.2) is 36.4 Å². The van der Waals surface area contributed by atoms with E-state index >= 15 is 0 Å². The van der Waals surface area contributed by atoms with Crippen molar-refractivity contribution < 1.29 is 22.3 Å². The normalized spacial score (nSPS) is 19.2. The minimum absolute atomic E-state index is 0.0641. The lowest BCUT2D eigenvalue weighted by Crippen LogP contribution is -2.14. The van der Waals surface area contributed by atoms with E-state index in [4.69, 9.17) is 4.74 Å². The van der Waals surface area contributed by atoms with Crippen LogP contribution in [-0.4, -0.2) is 6.61 Å². The number of hydrogen-bond donors (Lipinski definition) is 0. The summed E-state index contributed by atoms with van der Waals surface area (Å²) in [5.74, 6) is -4.32. The Bertz CT molecular complexity index is 914. The number of benzene rings is 2. The number of hydrogen-bond acceptors (Lipinski definition) is 1. The lowest BCUT2D eigenvalue weighted by Gasteiger charge is -2.27. The zero-order chi connectivity index (χ0) is 22.4. The second kappa shape index (κ2) is 10.8. The summed E-state index contributed by atoms with van der Waals surface area (Å²) in [5.41, 5.74) is -0.270. The van der Waals surface area contributed by atoms with E-state index in [2.05, 4.69) is 19.1 Å². The lowest BCUT2D eigenvalue weighted by molar-refractivity contribution is 0.289. The monoisotopic (exact) mass is 434 g/mol. The second-order valence-electron chi connectivity index (χ2n) is 8.22. The van der Waals surface area contributed by atoms with Crippen LogP contribution in [0, 0.1) is 29.2 Å². The van der Waals surface area contributed by atoms with Crippen molar-refractivity contribution in [2.45, 2.75) is 64.7 Å². The van der Waals surface area contributed by atoms with Gasteiger partial charge in [0.25, 0.3) is 0 Å². The van der Waals surface area contributed by atoms with Gasteiger partial charge in [-0.3, -0.25) is 0 Å². The third-order valence-electron chi connectivity index (χ3n) is 6.06. The van der Waals surface area contributed by atoms with Gasteiger partial charge in [0, 0.05) is 11.1 Å². The molecule has 0 aromatic heterocycles. The van der Waals surface area contributed by atoms with E-state index in [0.717, 1.165) is 38.5 Å². The molecule has 0 N–H and O–H groups in total. The predicted molar refractivity (Wildman–Crippen MR) is 116 cm³/mol. The average Bonchev–Trinajstić information content (AvgIpc) is 2.78. The summed E-state index contributed by atoms with van der Waals surface area (Å²) >= 11 is 0. The molecule has 0 atom stereocenters. The summed E-state index contributed by atoms with van der Waals surface area (Å²) in [6, 6.07) is 5.37. The van der Waals surface area contributed by atoms with Crippen molar-refractivity contribution >= 4 is 0 Å². The third kappa shape index (κ3) is 5.31. The fraction of sp³-hybridized carbons (Fsp3) is 0.462. The molecule has 0 aliphatic heterocycles.